The molecule has 104 valence electrons. The number of rotatable bonds is 3. The molecule has 4 heteroatoms. The van der Waals surface area contributed by atoms with E-state index in [1.807, 2.05) is 11.3 Å². The Labute approximate surface area is 118 Å². The number of aryl methyl sites for hydroxylation is 1. The standard InChI is InChI=1S/C15H22N2OS/c1-2-15(8-4-9-15)17-14(18)16-12-5-3-6-13-11(12)7-10-19-13/h7,10,12H,2-6,8-9H2,1H3,(H2,16,17,18). The van der Waals surface area contributed by atoms with Crippen molar-refractivity contribution in [3.05, 3.63) is 21.9 Å². The number of thiophene rings is 1. The van der Waals surface area contributed by atoms with E-state index in [1.165, 1.54) is 29.7 Å². The summed E-state index contributed by atoms with van der Waals surface area (Å²) in [4.78, 5) is 13.6. The van der Waals surface area contributed by atoms with Crippen LogP contribution in [-0.4, -0.2) is 11.6 Å². The lowest BCUT2D eigenvalue weighted by atomic mass is 9.75. The number of carbonyl (C=O) groups excluding carboxylic acids is 1. The molecule has 0 bridgehead atoms. The molecule has 1 heterocycles. The molecule has 0 radical (unpaired) electrons. The molecular formula is C15H22N2OS. The highest BCUT2D eigenvalue weighted by Crippen LogP contribution is 2.35. The lowest BCUT2D eigenvalue weighted by Crippen LogP contribution is -2.56. The van der Waals surface area contributed by atoms with E-state index in [0.29, 0.717) is 0 Å². The first kappa shape index (κ1) is 13.0. The molecule has 1 aromatic rings. The highest BCUT2D eigenvalue weighted by atomic mass is 32.1. The van der Waals surface area contributed by atoms with E-state index >= 15 is 0 Å². The van der Waals surface area contributed by atoms with Crippen LogP contribution in [-0.2, 0) is 6.42 Å². The van der Waals surface area contributed by atoms with Gasteiger partial charge in [-0.05, 0) is 62.0 Å². The van der Waals surface area contributed by atoms with E-state index in [1.54, 1.807) is 0 Å². The molecule has 0 aromatic carbocycles. The second kappa shape index (κ2) is 5.16. The predicted octanol–water partition coefficient (Wildman–Crippen LogP) is 3.76. The molecule has 3 rings (SSSR count). The van der Waals surface area contributed by atoms with Gasteiger partial charge in [-0.15, -0.1) is 11.3 Å². The monoisotopic (exact) mass is 278 g/mol. The maximum Gasteiger partial charge on any atom is 0.315 e. The predicted molar refractivity (Wildman–Crippen MR) is 78.5 cm³/mol. The van der Waals surface area contributed by atoms with Crippen molar-refractivity contribution in [3.8, 4) is 0 Å². The van der Waals surface area contributed by atoms with Gasteiger partial charge in [0.1, 0.15) is 0 Å². The molecule has 0 aliphatic heterocycles. The van der Waals surface area contributed by atoms with Gasteiger partial charge in [-0.2, -0.15) is 0 Å². The third kappa shape index (κ3) is 2.50. The van der Waals surface area contributed by atoms with E-state index in [-0.39, 0.29) is 17.6 Å². The summed E-state index contributed by atoms with van der Waals surface area (Å²) in [5.41, 5.74) is 1.42. The maximum atomic E-state index is 12.2. The molecule has 2 amide bonds. The van der Waals surface area contributed by atoms with Crippen LogP contribution in [0.25, 0.3) is 0 Å². The molecule has 1 unspecified atom stereocenters. The zero-order valence-electron chi connectivity index (χ0n) is 11.5. The number of carbonyl (C=O) groups is 1. The van der Waals surface area contributed by atoms with Crippen molar-refractivity contribution in [1.29, 1.82) is 0 Å². The minimum absolute atomic E-state index is 0.0191. The molecule has 3 nitrogen and oxygen atoms in total. The summed E-state index contributed by atoms with van der Waals surface area (Å²) in [6, 6.07) is 2.40. The minimum atomic E-state index is 0.0191. The fraction of sp³-hybridized carbons (Fsp3) is 0.667. The number of nitrogens with one attached hydrogen (secondary N) is 2. The van der Waals surface area contributed by atoms with Gasteiger partial charge in [-0.1, -0.05) is 6.92 Å². The number of hydrogen-bond donors (Lipinski definition) is 2. The summed E-state index contributed by atoms with van der Waals surface area (Å²) < 4.78 is 0. The zero-order chi connectivity index (χ0) is 13.3. The molecule has 19 heavy (non-hydrogen) atoms. The number of fused-ring (bicyclic) bond motifs is 1. The Kier molecular flexibility index (Phi) is 3.52. The zero-order valence-corrected chi connectivity index (χ0v) is 12.3. The van der Waals surface area contributed by atoms with Gasteiger partial charge in [0.05, 0.1) is 6.04 Å². The normalized spacial score (nSPS) is 24.2. The van der Waals surface area contributed by atoms with Crippen molar-refractivity contribution in [2.45, 2.75) is 63.5 Å². The fourth-order valence-corrected chi connectivity index (χ4v) is 4.23. The Balaban J connectivity index is 1.62. The average Bonchev–Trinajstić information content (AvgIpc) is 2.83. The van der Waals surface area contributed by atoms with Crippen molar-refractivity contribution in [3.63, 3.8) is 0 Å². The van der Waals surface area contributed by atoms with E-state index < -0.39 is 0 Å². The first-order valence-corrected chi connectivity index (χ1v) is 8.25. The van der Waals surface area contributed by atoms with Gasteiger partial charge in [0.2, 0.25) is 0 Å². The molecule has 2 aliphatic carbocycles. The summed E-state index contributed by atoms with van der Waals surface area (Å²) in [5.74, 6) is 0. The lowest BCUT2D eigenvalue weighted by molar-refractivity contribution is 0.169. The van der Waals surface area contributed by atoms with Crippen LogP contribution in [0.4, 0.5) is 4.79 Å². The van der Waals surface area contributed by atoms with Gasteiger partial charge in [0.15, 0.2) is 0 Å². The Bertz CT molecular complexity index is 459. The molecule has 1 saturated carbocycles. The van der Waals surface area contributed by atoms with Gasteiger partial charge in [0, 0.05) is 10.4 Å². The van der Waals surface area contributed by atoms with Crippen molar-refractivity contribution < 1.29 is 4.79 Å². The van der Waals surface area contributed by atoms with Crippen LogP contribution in [0.3, 0.4) is 0 Å². The minimum Gasteiger partial charge on any atom is -0.333 e. The Morgan fingerprint density at radius 3 is 3.00 bits per heavy atom. The second-order valence-electron chi connectivity index (χ2n) is 5.83. The third-order valence-corrected chi connectivity index (χ3v) is 5.72. The van der Waals surface area contributed by atoms with Crippen LogP contribution < -0.4 is 10.6 Å². The first-order chi connectivity index (χ1) is 9.22. The van der Waals surface area contributed by atoms with Crippen LogP contribution in [0.2, 0.25) is 0 Å². The summed E-state index contributed by atoms with van der Waals surface area (Å²) in [5, 5.41) is 8.52. The summed E-state index contributed by atoms with van der Waals surface area (Å²) >= 11 is 1.82. The van der Waals surface area contributed by atoms with E-state index in [9.17, 15) is 4.79 Å². The van der Waals surface area contributed by atoms with Gasteiger partial charge in [-0.25, -0.2) is 4.79 Å². The van der Waals surface area contributed by atoms with Crippen molar-refractivity contribution in [2.75, 3.05) is 0 Å². The summed E-state index contributed by atoms with van der Waals surface area (Å²) in [6.07, 6.45) is 7.96. The SMILES string of the molecule is CCC1(NC(=O)NC2CCCc3sccc32)CCC1. The summed E-state index contributed by atoms with van der Waals surface area (Å²) in [7, 11) is 0. The molecule has 1 aromatic heterocycles. The second-order valence-corrected chi connectivity index (χ2v) is 6.83. The highest BCUT2D eigenvalue weighted by molar-refractivity contribution is 7.10. The van der Waals surface area contributed by atoms with Crippen LogP contribution >= 0.6 is 11.3 Å². The molecule has 0 spiro atoms. The third-order valence-electron chi connectivity index (χ3n) is 4.72. The number of hydrogen-bond acceptors (Lipinski definition) is 2. The van der Waals surface area contributed by atoms with Crippen LogP contribution in [0.5, 0.6) is 0 Å². The Hall–Kier alpha value is -1.03. The molecule has 0 saturated heterocycles. The quantitative estimate of drug-likeness (QED) is 0.868. The fourth-order valence-electron chi connectivity index (χ4n) is 3.24. The van der Waals surface area contributed by atoms with Gasteiger partial charge in [-0.3, -0.25) is 0 Å². The van der Waals surface area contributed by atoms with E-state index in [4.69, 9.17) is 0 Å². The molecule has 1 atom stereocenters. The molecular weight excluding hydrogens is 256 g/mol. The van der Waals surface area contributed by atoms with Crippen molar-refractivity contribution in [1.82, 2.24) is 10.6 Å². The van der Waals surface area contributed by atoms with E-state index in [0.717, 1.165) is 25.7 Å². The number of amides is 2. The lowest BCUT2D eigenvalue weighted by Gasteiger charge is -2.42. The molecule has 2 N–H and O–H groups in total. The highest BCUT2D eigenvalue weighted by Gasteiger charge is 2.37. The van der Waals surface area contributed by atoms with Gasteiger partial charge >= 0.3 is 6.03 Å². The van der Waals surface area contributed by atoms with E-state index in [2.05, 4.69) is 29.0 Å². The average molecular weight is 278 g/mol. The largest absolute Gasteiger partial charge is 0.333 e. The van der Waals surface area contributed by atoms with Crippen LogP contribution in [0, 0.1) is 0 Å². The van der Waals surface area contributed by atoms with Crippen LogP contribution in [0.1, 0.15) is 61.9 Å². The van der Waals surface area contributed by atoms with Gasteiger partial charge in [0.25, 0.3) is 0 Å². The maximum absolute atomic E-state index is 12.2. The number of urea groups is 1. The van der Waals surface area contributed by atoms with Crippen LogP contribution in [0.15, 0.2) is 11.4 Å². The Morgan fingerprint density at radius 2 is 2.32 bits per heavy atom. The van der Waals surface area contributed by atoms with Crippen molar-refractivity contribution >= 4 is 17.4 Å². The molecule has 2 aliphatic rings. The smallest absolute Gasteiger partial charge is 0.315 e. The van der Waals surface area contributed by atoms with Gasteiger partial charge < -0.3 is 10.6 Å². The Morgan fingerprint density at radius 1 is 1.47 bits per heavy atom. The topological polar surface area (TPSA) is 41.1 Å². The van der Waals surface area contributed by atoms with Crippen molar-refractivity contribution in [2.24, 2.45) is 0 Å². The molecule has 1 fully saturated rings. The first-order valence-electron chi connectivity index (χ1n) is 7.37. The summed E-state index contributed by atoms with van der Waals surface area (Å²) in [6.45, 7) is 2.16.